The number of carbonyl (C=O) groups excluding carboxylic acids is 4. The number of rotatable bonds is 9. The number of aliphatic carboxylic acids is 1. The molecule has 3 rings (SSSR count). The Balaban J connectivity index is 2.04. The quantitative estimate of drug-likeness (QED) is 0.232. The molecule has 0 spiro atoms. The molecule has 1 aliphatic carbocycles. The van der Waals surface area contributed by atoms with E-state index in [4.69, 9.17) is 16.2 Å². The fourth-order valence-electron chi connectivity index (χ4n) is 3.19. The molecule has 1 heterocycles. The van der Waals surface area contributed by atoms with Crippen molar-refractivity contribution in [3.63, 3.8) is 0 Å². The first-order valence-corrected chi connectivity index (χ1v) is 9.62. The van der Waals surface area contributed by atoms with E-state index >= 15 is 0 Å². The summed E-state index contributed by atoms with van der Waals surface area (Å²) in [5.41, 5.74) is 12.4. The van der Waals surface area contributed by atoms with Crippen LogP contribution in [0.4, 0.5) is 11.4 Å². The van der Waals surface area contributed by atoms with Gasteiger partial charge in [-0.15, -0.1) is 0 Å². The summed E-state index contributed by atoms with van der Waals surface area (Å²) in [5, 5.41) is 16.5. The van der Waals surface area contributed by atoms with Crippen molar-refractivity contribution < 1.29 is 29.0 Å². The number of benzene rings is 1. The summed E-state index contributed by atoms with van der Waals surface area (Å²) >= 11 is 0. The van der Waals surface area contributed by atoms with Crippen LogP contribution < -0.4 is 31.9 Å². The molecule has 11 heteroatoms. The SMILES string of the molecule is NCCNc1ccc(NCCN)c2c1C(=O)c1cnc(OC(=O)/C=C/C(=O)[O-])cc1C2=O. The number of esters is 1. The molecule has 0 amide bonds. The monoisotopic (exact) mass is 438 g/mol. The largest absolute Gasteiger partial charge is 0.545 e. The Morgan fingerprint density at radius 3 is 2.06 bits per heavy atom. The summed E-state index contributed by atoms with van der Waals surface area (Å²) in [5.74, 6) is -3.79. The molecule has 0 radical (unpaired) electrons. The van der Waals surface area contributed by atoms with E-state index in [0.29, 0.717) is 49.7 Å². The third-order valence-electron chi connectivity index (χ3n) is 4.51. The molecule has 0 atom stereocenters. The van der Waals surface area contributed by atoms with Gasteiger partial charge < -0.3 is 36.7 Å². The van der Waals surface area contributed by atoms with Gasteiger partial charge in [0.1, 0.15) is 0 Å². The number of ether oxygens (including phenoxy) is 1. The molecule has 2 aromatic rings. The summed E-state index contributed by atoms with van der Waals surface area (Å²) < 4.78 is 4.92. The molecule has 0 fully saturated rings. The zero-order valence-electron chi connectivity index (χ0n) is 16.8. The zero-order chi connectivity index (χ0) is 23.3. The summed E-state index contributed by atoms with van der Waals surface area (Å²) in [6, 6.07) is 4.50. The summed E-state index contributed by atoms with van der Waals surface area (Å²) in [7, 11) is 0. The van der Waals surface area contributed by atoms with Crippen LogP contribution in [-0.4, -0.2) is 54.7 Å². The van der Waals surface area contributed by atoms with Gasteiger partial charge in [0.2, 0.25) is 5.88 Å². The first kappa shape index (κ1) is 22.6. The molecule has 0 unspecified atom stereocenters. The number of hydrogen-bond donors (Lipinski definition) is 4. The molecule has 11 nitrogen and oxygen atoms in total. The molecule has 1 aromatic carbocycles. The second-order valence-corrected chi connectivity index (χ2v) is 6.64. The second-order valence-electron chi connectivity index (χ2n) is 6.64. The van der Waals surface area contributed by atoms with Crippen LogP contribution in [0.25, 0.3) is 0 Å². The van der Waals surface area contributed by atoms with E-state index in [9.17, 15) is 24.3 Å². The zero-order valence-corrected chi connectivity index (χ0v) is 16.8. The van der Waals surface area contributed by atoms with E-state index in [1.54, 1.807) is 12.1 Å². The van der Waals surface area contributed by atoms with Crippen molar-refractivity contribution >= 4 is 34.9 Å². The van der Waals surface area contributed by atoms with E-state index in [-0.39, 0.29) is 28.1 Å². The summed E-state index contributed by atoms with van der Waals surface area (Å²) in [6.45, 7) is 1.40. The lowest BCUT2D eigenvalue weighted by molar-refractivity contribution is -0.297. The van der Waals surface area contributed by atoms with Crippen LogP contribution in [0.1, 0.15) is 31.8 Å². The maximum Gasteiger partial charge on any atom is 0.337 e. The molecule has 1 aromatic heterocycles. The van der Waals surface area contributed by atoms with Crippen molar-refractivity contribution in [1.82, 2.24) is 4.98 Å². The van der Waals surface area contributed by atoms with Crippen molar-refractivity contribution in [3.8, 4) is 5.88 Å². The first-order valence-electron chi connectivity index (χ1n) is 9.62. The molecule has 0 aliphatic heterocycles. The van der Waals surface area contributed by atoms with Gasteiger partial charge in [0.25, 0.3) is 0 Å². The minimum absolute atomic E-state index is 0.00375. The Labute approximate surface area is 182 Å². The van der Waals surface area contributed by atoms with Gasteiger partial charge >= 0.3 is 5.97 Å². The van der Waals surface area contributed by atoms with Crippen LogP contribution in [0.2, 0.25) is 0 Å². The van der Waals surface area contributed by atoms with E-state index in [1.807, 2.05) is 0 Å². The van der Waals surface area contributed by atoms with Crippen LogP contribution in [-0.2, 0) is 9.59 Å². The van der Waals surface area contributed by atoms with Gasteiger partial charge in [0.05, 0.1) is 22.7 Å². The Morgan fingerprint density at radius 2 is 1.53 bits per heavy atom. The fourth-order valence-corrected chi connectivity index (χ4v) is 3.19. The topological polar surface area (TPSA) is 190 Å². The number of hydrogen-bond acceptors (Lipinski definition) is 11. The highest BCUT2D eigenvalue weighted by Crippen LogP contribution is 2.37. The Bertz CT molecular complexity index is 1130. The van der Waals surface area contributed by atoms with Crippen LogP contribution in [0, 0.1) is 0 Å². The fraction of sp³-hybridized carbons (Fsp3) is 0.190. The lowest BCUT2D eigenvalue weighted by Gasteiger charge is -2.23. The average Bonchev–Trinajstić information content (AvgIpc) is 2.78. The van der Waals surface area contributed by atoms with Gasteiger partial charge in [-0.25, -0.2) is 9.78 Å². The maximum atomic E-state index is 13.4. The molecule has 32 heavy (non-hydrogen) atoms. The van der Waals surface area contributed by atoms with Crippen molar-refractivity contribution in [1.29, 1.82) is 0 Å². The Morgan fingerprint density at radius 1 is 0.969 bits per heavy atom. The number of carbonyl (C=O) groups is 4. The highest BCUT2D eigenvalue weighted by Gasteiger charge is 2.35. The number of carboxylic acids is 1. The van der Waals surface area contributed by atoms with Crippen LogP contribution in [0.5, 0.6) is 5.88 Å². The Kier molecular flexibility index (Phi) is 6.93. The minimum Gasteiger partial charge on any atom is -0.545 e. The molecule has 166 valence electrons. The van der Waals surface area contributed by atoms with Gasteiger partial charge in [-0.2, -0.15) is 0 Å². The van der Waals surface area contributed by atoms with E-state index < -0.39 is 23.5 Å². The first-order chi connectivity index (χ1) is 15.4. The smallest absolute Gasteiger partial charge is 0.337 e. The molecule has 0 saturated carbocycles. The molecular weight excluding hydrogens is 418 g/mol. The van der Waals surface area contributed by atoms with Crippen LogP contribution in [0.15, 0.2) is 36.5 Å². The molecule has 6 N–H and O–H groups in total. The van der Waals surface area contributed by atoms with Crippen molar-refractivity contribution in [2.45, 2.75) is 0 Å². The van der Waals surface area contributed by atoms with Gasteiger partial charge in [-0.1, -0.05) is 0 Å². The predicted molar refractivity (Wildman–Crippen MR) is 112 cm³/mol. The minimum atomic E-state index is -1.57. The molecule has 0 saturated heterocycles. The van der Waals surface area contributed by atoms with E-state index in [1.165, 1.54) is 0 Å². The lowest BCUT2D eigenvalue weighted by Crippen LogP contribution is -2.26. The number of nitrogens with one attached hydrogen (secondary N) is 2. The number of aromatic nitrogens is 1. The average molecular weight is 438 g/mol. The number of nitrogens with zero attached hydrogens (tertiary/aromatic N) is 1. The number of ketones is 2. The van der Waals surface area contributed by atoms with Crippen molar-refractivity contribution in [2.24, 2.45) is 11.5 Å². The van der Waals surface area contributed by atoms with Crippen molar-refractivity contribution in [3.05, 3.63) is 58.8 Å². The van der Waals surface area contributed by atoms with Gasteiger partial charge in [-0.05, 0) is 18.2 Å². The highest BCUT2D eigenvalue weighted by molar-refractivity contribution is 6.31. The number of nitrogens with two attached hydrogens (primary N) is 2. The van der Waals surface area contributed by atoms with Gasteiger partial charge in [0.15, 0.2) is 11.6 Å². The maximum absolute atomic E-state index is 13.4. The normalized spacial score (nSPS) is 12.3. The molecule has 0 bridgehead atoms. The molecule has 1 aliphatic rings. The van der Waals surface area contributed by atoms with Crippen LogP contribution >= 0.6 is 0 Å². The van der Waals surface area contributed by atoms with E-state index in [2.05, 4.69) is 15.6 Å². The standard InChI is InChI=1S/C21H21N5O6/c22-5-7-24-13-1-2-14(25-8-6-23)19-18(13)20(30)11-9-15(26-10-12(11)21(19)31)32-17(29)4-3-16(27)28/h1-4,9-10,24-25H,5-8,22-23H2,(H,27,28)/p-1/b4-3+. The van der Waals surface area contributed by atoms with Crippen LogP contribution in [0.3, 0.4) is 0 Å². The highest BCUT2D eigenvalue weighted by atomic mass is 16.5. The van der Waals surface area contributed by atoms with E-state index in [0.717, 1.165) is 12.3 Å². The Hall–Kier alpha value is -4.09. The number of pyridine rings is 1. The summed E-state index contributed by atoms with van der Waals surface area (Å²) in [4.78, 5) is 52.7. The third kappa shape index (κ3) is 4.63. The molecular formula is C21H20N5O6-. The van der Waals surface area contributed by atoms with Gasteiger partial charge in [0, 0.05) is 61.5 Å². The number of fused-ring (bicyclic) bond motifs is 2. The lowest BCUT2D eigenvalue weighted by atomic mass is 9.83. The summed E-state index contributed by atoms with van der Waals surface area (Å²) in [6.07, 6.45) is 2.27. The predicted octanol–water partition coefficient (Wildman–Crippen LogP) is -1.19. The van der Waals surface area contributed by atoms with Gasteiger partial charge in [-0.3, -0.25) is 9.59 Å². The van der Waals surface area contributed by atoms with Crippen molar-refractivity contribution in [2.75, 3.05) is 36.8 Å². The number of anilines is 2. The third-order valence-corrected chi connectivity index (χ3v) is 4.51. The second kappa shape index (κ2) is 9.81. The number of carboxylic acid groups (broad SMARTS) is 1.